The molecule has 1 aromatic heterocycles. The Morgan fingerprint density at radius 3 is 2.51 bits per heavy atom. The molecule has 1 fully saturated rings. The Balaban J connectivity index is 1.38. The van der Waals surface area contributed by atoms with Crippen LogP contribution in [0, 0.1) is 23.4 Å². The number of para-hydroxylation sites is 1. The van der Waals surface area contributed by atoms with Crippen LogP contribution in [-0.2, 0) is 29.1 Å². The molecule has 0 aliphatic carbocycles. The molecule has 0 bridgehead atoms. The van der Waals surface area contributed by atoms with Crippen LogP contribution in [0.4, 0.5) is 13.2 Å². The first-order valence-electron chi connectivity index (χ1n) is 12.4. The van der Waals surface area contributed by atoms with Gasteiger partial charge >= 0.3 is 5.97 Å². The van der Waals surface area contributed by atoms with Crippen LogP contribution < -0.4 is 0 Å². The molecule has 5 rings (SSSR count). The topological polar surface area (TPSA) is 65.8 Å². The molecule has 3 aromatic rings. The highest BCUT2D eigenvalue weighted by Gasteiger charge is 2.30. The van der Waals surface area contributed by atoms with Gasteiger partial charge in [-0.2, -0.15) is 0 Å². The molecule has 0 radical (unpaired) electrons. The number of nitrogens with zero attached hydrogens (tertiary/aromatic N) is 3. The fourth-order valence-corrected chi connectivity index (χ4v) is 5.77. The Morgan fingerprint density at radius 1 is 1.03 bits per heavy atom. The molecular weight excluding hydrogens is 507 g/mol. The number of carbonyl (C=O) groups is 2. The summed E-state index contributed by atoms with van der Waals surface area (Å²) in [6.45, 7) is 2.23. The van der Waals surface area contributed by atoms with Gasteiger partial charge in [0.15, 0.2) is 0 Å². The lowest BCUT2D eigenvalue weighted by Gasteiger charge is -2.34. The Hall–Kier alpha value is -3.04. The summed E-state index contributed by atoms with van der Waals surface area (Å²) in [6, 6.07) is 7.18. The van der Waals surface area contributed by atoms with Gasteiger partial charge in [-0.3, -0.25) is 14.5 Å². The molecular formula is C27H27ClF3N3O3. The Labute approximate surface area is 217 Å². The minimum atomic E-state index is -0.886. The smallest absolute Gasteiger partial charge is 0.303 e. The number of likely N-dealkylation sites (tertiary alicyclic amines) is 1. The molecule has 2 aliphatic rings. The van der Waals surface area contributed by atoms with E-state index >= 15 is 4.39 Å². The predicted molar refractivity (Wildman–Crippen MR) is 133 cm³/mol. The van der Waals surface area contributed by atoms with Crippen LogP contribution in [-0.4, -0.2) is 57.5 Å². The maximum Gasteiger partial charge on any atom is 0.303 e. The summed E-state index contributed by atoms with van der Waals surface area (Å²) < 4.78 is 45.2. The number of hydrogen-bond donors (Lipinski definition) is 1. The van der Waals surface area contributed by atoms with Crippen LogP contribution in [0.2, 0.25) is 5.02 Å². The molecule has 3 heterocycles. The van der Waals surface area contributed by atoms with Crippen LogP contribution in [0.1, 0.15) is 36.1 Å². The van der Waals surface area contributed by atoms with Crippen LogP contribution in [0.15, 0.2) is 30.3 Å². The van der Waals surface area contributed by atoms with Crippen LogP contribution in [0.5, 0.6) is 0 Å². The molecule has 0 unspecified atom stereocenters. The molecule has 196 valence electrons. The Morgan fingerprint density at radius 2 is 1.78 bits per heavy atom. The molecule has 2 aliphatic heterocycles. The first kappa shape index (κ1) is 25.6. The third-order valence-electron chi connectivity index (χ3n) is 7.55. The Kier molecular flexibility index (Phi) is 7.18. The number of carboxylic acids is 1. The first-order chi connectivity index (χ1) is 17.7. The number of fused-ring (bicyclic) bond motifs is 3. The number of piperidine rings is 1. The van der Waals surface area contributed by atoms with E-state index in [9.17, 15) is 18.4 Å². The predicted octanol–water partition coefficient (Wildman–Crippen LogP) is 4.83. The number of hydrogen-bond acceptors (Lipinski definition) is 3. The molecule has 37 heavy (non-hydrogen) atoms. The zero-order valence-electron chi connectivity index (χ0n) is 20.2. The quantitative estimate of drug-likeness (QED) is 0.461. The molecule has 6 nitrogen and oxygen atoms in total. The van der Waals surface area contributed by atoms with E-state index in [0.717, 1.165) is 35.6 Å². The lowest BCUT2D eigenvalue weighted by atomic mass is 9.93. The van der Waals surface area contributed by atoms with Crippen molar-refractivity contribution in [2.45, 2.75) is 38.8 Å². The molecule has 0 atom stereocenters. The number of halogens is 4. The van der Waals surface area contributed by atoms with E-state index in [1.54, 1.807) is 15.5 Å². The van der Waals surface area contributed by atoms with E-state index < -0.39 is 28.4 Å². The number of amides is 1. The molecule has 1 N–H and O–H groups in total. The highest BCUT2D eigenvalue weighted by molar-refractivity contribution is 6.30. The van der Waals surface area contributed by atoms with Gasteiger partial charge in [-0.05, 0) is 56.0 Å². The highest BCUT2D eigenvalue weighted by atomic mass is 35.5. The summed E-state index contributed by atoms with van der Waals surface area (Å²) in [6.07, 6.45) is 2.16. The molecule has 0 saturated carbocycles. The standard InChI is InChI=1S/C27H27ClF3N3O3/c28-25-20(29)5-4-17(26(25)31)13-34-22-14-33(11-8-18(22)19-2-1-3-21(30)27(19)34)23(35)15-32-9-6-16(7-10-32)12-24(36)37/h1-5,16H,6-15H2,(H,36,37). The second kappa shape index (κ2) is 10.4. The number of rotatable bonds is 6. The minimum absolute atomic E-state index is 0.0578. The van der Waals surface area contributed by atoms with Crippen molar-refractivity contribution in [3.05, 3.63) is 69.6 Å². The summed E-state index contributed by atoms with van der Waals surface area (Å²) in [7, 11) is 0. The summed E-state index contributed by atoms with van der Waals surface area (Å²) >= 11 is 5.79. The molecule has 0 spiro atoms. The van der Waals surface area contributed by atoms with Crippen molar-refractivity contribution in [2.24, 2.45) is 5.92 Å². The van der Waals surface area contributed by atoms with E-state index in [2.05, 4.69) is 0 Å². The van der Waals surface area contributed by atoms with Crippen molar-refractivity contribution < 1.29 is 27.9 Å². The van der Waals surface area contributed by atoms with Gasteiger partial charge in [0.25, 0.3) is 0 Å². The Bertz CT molecular complexity index is 1370. The van der Waals surface area contributed by atoms with Crippen molar-refractivity contribution in [2.75, 3.05) is 26.2 Å². The second-order valence-corrected chi connectivity index (χ2v) is 10.2. The van der Waals surface area contributed by atoms with Gasteiger partial charge in [0.1, 0.15) is 22.5 Å². The third-order valence-corrected chi connectivity index (χ3v) is 7.90. The summed E-state index contributed by atoms with van der Waals surface area (Å²) in [5.41, 5.74) is 2.09. The summed E-state index contributed by atoms with van der Waals surface area (Å²) in [5.74, 6) is -2.93. The molecule has 10 heteroatoms. The van der Waals surface area contributed by atoms with Gasteiger partial charge in [-0.15, -0.1) is 0 Å². The molecule has 2 aromatic carbocycles. The molecule has 1 amide bonds. The fourth-order valence-electron chi connectivity index (χ4n) is 5.59. The minimum Gasteiger partial charge on any atom is -0.481 e. The van der Waals surface area contributed by atoms with E-state index in [1.165, 1.54) is 12.1 Å². The normalized spacial score (nSPS) is 16.8. The van der Waals surface area contributed by atoms with Gasteiger partial charge in [0.2, 0.25) is 5.91 Å². The van der Waals surface area contributed by atoms with Gasteiger partial charge in [0, 0.05) is 29.6 Å². The summed E-state index contributed by atoms with van der Waals surface area (Å²) in [4.78, 5) is 28.0. The van der Waals surface area contributed by atoms with Gasteiger partial charge in [-0.25, -0.2) is 13.2 Å². The number of carbonyl (C=O) groups excluding carboxylic acids is 1. The van der Waals surface area contributed by atoms with Crippen molar-refractivity contribution in [3.8, 4) is 0 Å². The lowest BCUT2D eigenvalue weighted by Crippen LogP contribution is -2.45. The maximum absolute atomic E-state index is 15.0. The van der Waals surface area contributed by atoms with Gasteiger partial charge in [-0.1, -0.05) is 29.8 Å². The maximum atomic E-state index is 15.0. The average molecular weight is 534 g/mol. The largest absolute Gasteiger partial charge is 0.481 e. The molecule has 1 saturated heterocycles. The SMILES string of the molecule is O=C(O)CC1CCN(CC(=O)N2CCc3c(n(Cc4ccc(F)c(Cl)c4F)c4c(F)cccc34)C2)CC1. The zero-order valence-corrected chi connectivity index (χ0v) is 20.9. The number of aliphatic carboxylic acids is 1. The number of aromatic nitrogens is 1. The van der Waals surface area contributed by atoms with Gasteiger partial charge in [0.05, 0.1) is 25.2 Å². The number of carboxylic acid groups (broad SMARTS) is 1. The van der Waals surface area contributed by atoms with Crippen LogP contribution in [0.3, 0.4) is 0 Å². The summed E-state index contributed by atoms with van der Waals surface area (Å²) in [5, 5.41) is 9.12. The van der Waals surface area contributed by atoms with E-state index in [4.69, 9.17) is 16.7 Å². The second-order valence-electron chi connectivity index (χ2n) is 9.86. The fraction of sp³-hybridized carbons (Fsp3) is 0.407. The highest BCUT2D eigenvalue weighted by Crippen LogP contribution is 2.34. The monoisotopic (exact) mass is 533 g/mol. The third kappa shape index (κ3) is 5.07. The van der Waals surface area contributed by atoms with E-state index in [1.807, 2.05) is 11.0 Å². The van der Waals surface area contributed by atoms with Crippen molar-refractivity contribution in [1.82, 2.24) is 14.4 Å². The lowest BCUT2D eigenvalue weighted by molar-refractivity contribution is -0.139. The first-order valence-corrected chi connectivity index (χ1v) is 12.7. The van der Waals surface area contributed by atoms with Crippen LogP contribution >= 0.6 is 11.6 Å². The van der Waals surface area contributed by atoms with Crippen molar-refractivity contribution in [3.63, 3.8) is 0 Å². The van der Waals surface area contributed by atoms with E-state index in [-0.39, 0.29) is 43.4 Å². The van der Waals surface area contributed by atoms with Gasteiger partial charge < -0.3 is 14.6 Å². The zero-order chi connectivity index (χ0) is 26.3. The average Bonchev–Trinajstić information content (AvgIpc) is 3.19. The number of benzene rings is 2. The van der Waals surface area contributed by atoms with Crippen molar-refractivity contribution >= 4 is 34.4 Å². The van der Waals surface area contributed by atoms with Crippen molar-refractivity contribution in [1.29, 1.82) is 0 Å². The van der Waals surface area contributed by atoms with E-state index in [0.29, 0.717) is 31.6 Å². The van der Waals surface area contributed by atoms with Crippen LogP contribution in [0.25, 0.3) is 10.9 Å².